The lowest BCUT2D eigenvalue weighted by molar-refractivity contribution is -0.122. The smallest absolute Gasteiger partial charge is 0.232 e. The number of anilines is 2. The molecule has 9 heteroatoms. The number of thioether (sulfide) groups is 1. The number of nitrogens with zero attached hydrogens (tertiary/aromatic N) is 4. The van der Waals surface area contributed by atoms with E-state index in [4.69, 9.17) is 11.6 Å². The molecule has 2 aliphatic heterocycles. The summed E-state index contributed by atoms with van der Waals surface area (Å²) < 4.78 is 1.89. The SMILES string of the molecule is O=C(Nc1nnc2n1CCS2)[C@@H]1CC(=O)N(c2ccc(Cl)cc2)C1. The van der Waals surface area contributed by atoms with Gasteiger partial charge in [0, 0.05) is 36.0 Å². The van der Waals surface area contributed by atoms with Crippen molar-refractivity contribution in [3.63, 3.8) is 0 Å². The number of rotatable bonds is 3. The zero-order chi connectivity index (χ0) is 16.7. The Hall–Kier alpha value is -2.06. The van der Waals surface area contributed by atoms with Crippen molar-refractivity contribution >= 4 is 46.8 Å². The van der Waals surface area contributed by atoms with E-state index in [1.165, 1.54) is 0 Å². The Bertz CT molecular complexity index is 807. The molecule has 0 unspecified atom stereocenters. The summed E-state index contributed by atoms with van der Waals surface area (Å²) >= 11 is 7.49. The van der Waals surface area contributed by atoms with E-state index >= 15 is 0 Å². The highest BCUT2D eigenvalue weighted by atomic mass is 35.5. The highest BCUT2D eigenvalue weighted by molar-refractivity contribution is 7.99. The number of hydrogen-bond donors (Lipinski definition) is 1. The van der Waals surface area contributed by atoms with Crippen LogP contribution in [0.25, 0.3) is 0 Å². The molecule has 0 aliphatic carbocycles. The summed E-state index contributed by atoms with van der Waals surface area (Å²) in [6.07, 6.45) is 0.185. The van der Waals surface area contributed by atoms with Gasteiger partial charge in [-0.2, -0.15) is 0 Å². The Balaban J connectivity index is 1.46. The molecule has 1 aromatic heterocycles. The van der Waals surface area contributed by atoms with Gasteiger partial charge in [-0.1, -0.05) is 23.4 Å². The van der Waals surface area contributed by atoms with Crippen LogP contribution in [0.15, 0.2) is 29.4 Å². The minimum absolute atomic E-state index is 0.0699. The maximum absolute atomic E-state index is 12.5. The fraction of sp³-hybridized carbons (Fsp3) is 0.333. The van der Waals surface area contributed by atoms with Crippen molar-refractivity contribution < 1.29 is 9.59 Å². The maximum Gasteiger partial charge on any atom is 0.232 e. The predicted octanol–water partition coefficient (Wildman–Crippen LogP) is 2.03. The molecule has 2 aliphatic rings. The average Bonchev–Trinajstić information content (AvgIpc) is 3.25. The molecule has 3 heterocycles. The van der Waals surface area contributed by atoms with Gasteiger partial charge in [-0.05, 0) is 24.3 Å². The third-order valence-corrected chi connectivity index (χ3v) is 5.33. The maximum atomic E-state index is 12.5. The molecule has 2 aromatic rings. The van der Waals surface area contributed by atoms with Crippen molar-refractivity contribution in [1.82, 2.24) is 14.8 Å². The Kier molecular flexibility index (Phi) is 3.93. The van der Waals surface area contributed by atoms with Gasteiger partial charge in [0.15, 0.2) is 5.16 Å². The van der Waals surface area contributed by atoms with Crippen LogP contribution in [0.4, 0.5) is 11.6 Å². The van der Waals surface area contributed by atoms with Crippen LogP contribution in [-0.2, 0) is 16.1 Å². The summed E-state index contributed by atoms with van der Waals surface area (Å²) in [6.45, 7) is 1.13. The summed E-state index contributed by atoms with van der Waals surface area (Å²) in [4.78, 5) is 26.3. The second kappa shape index (κ2) is 6.10. The van der Waals surface area contributed by atoms with Gasteiger partial charge in [-0.25, -0.2) is 0 Å². The van der Waals surface area contributed by atoms with E-state index in [1.54, 1.807) is 40.9 Å². The van der Waals surface area contributed by atoms with Crippen LogP contribution in [-0.4, -0.2) is 38.9 Å². The molecule has 24 heavy (non-hydrogen) atoms. The lowest BCUT2D eigenvalue weighted by Gasteiger charge is -2.16. The molecule has 0 saturated carbocycles. The molecule has 0 radical (unpaired) electrons. The van der Waals surface area contributed by atoms with E-state index < -0.39 is 5.92 Å². The highest BCUT2D eigenvalue weighted by Crippen LogP contribution is 2.29. The number of benzene rings is 1. The number of aromatic nitrogens is 3. The van der Waals surface area contributed by atoms with Gasteiger partial charge in [0.2, 0.25) is 17.8 Å². The van der Waals surface area contributed by atoms with Crippen LogP contribution >= 0.6 is 23.4 Å². The van der Waals surface area contributed by atoms with Crippen LogP contribution < -0.4 is 10.2 Å². The number of nitrogens with one attached hydrogen (secondary N) is 1. The van der Waals surface area contributed by atoms with Crippen LogP contribution in [0.5, 0.6) is 0 Å². The first kappa shape index (κ1) is 15.5. The Labute approximate surface area is 147 Å². The summed E-state index contributed by atoms with van der Waals surface area (Å²) in [7, 11) is 0. The molecule has 1 aromatic carbocycles. The minimum atomic E-state index is -0.407. The van der Waals surface area contributed by atoms with E-state index in [0.29, 0.717) is 17.5 Å². The van der Waals surface area contributed by atoms with Gasteiger partial charge >= 0.3 is 0 Å². The fourth-order valence-electron chi connectivity index (χ4n) is 2.88. The molecule has 1 saturated heterocycles. The van der Waals surface area contributed by atoms with Crippen molar-refractivity contribution in [2.24, 2.45) is 5.92 Å². The van der Waals surface area contributed by atoms with Crippen molar-refractivity contribution in [3.8, 4) is 0 Å². The van der Waals surface area contributed by atoms with Crippen LogP contribution in [0.2, 0.25) is 5.02 Å². The van der Waals surface area contributed by atoms with E-state index in [2.05, 4.69) is 15.5 Å². The lowest BCUT2D eigenvalue weighted by atomic mass is 10.1. The van der Waals surface area contributed by atoms with Crippen LogP contribution in [0, 0.1) is 5.92 Å². The van der Waals surface area contributed by atoms with Crippen LogP contribution in [0.1, 0.15) is 6.42 Å². The quantitative estimate of drug-likeness (QED) is 0.902. The summed E-state index contributed by atoms with van der Waals surface area (Å²) in [5.74, 6) is 0.707. The normalized spacial score (nSPS) is 19.6. The number of carbonyl (C=O) groups is 2. The number of carbonyl (C=O) groups excluding carboxylic acids is 2. The summed E-state index contributed by atoms with van der Waals surface area (Å²) in [5.41, 5.74) is 0.750. The molecular weight excluding hydrogens is 350 g/mol. The molecule has 4 rings (SSSR count). The van der Waals surface area contributed by atoms with Gasteiger partial charge in [-0.3, -0.25) is 19.5 Å². The minimum Gasteiger partial charge on any atom is -0.312 e. The number of halogens is 1. The number of hydrogen-bond acceptors (Lipinski definition) is 5. The van der Waals surface area contributed by atoms with E-state index in [9.17, 15) is 9.59 Å². The van der Waals surface area contributed by atoms with Gasteiger partial charge in [0.05, 0.1) is 5.92 Å². The first-order valence-electron chi connectivity index (χ1n) is 7.54. The average molecular weight is 364 g/mol. The third kappa shape index (κ3) is 2.76. The second-order valence-corrected chi connectivity index (χ2v) is 7.18. The summed E-state index contributed by atoms with van der Waals surface area (Å²) in [6, 6.07) is 7.02. The standard InChI is InChI=1S/C15H14ClN5O2S/c16-10-1-3-11(4-2-10)21-8-9(7-12(21)22)13(23)17-14-18-19-15-20(14)5-6-24-15/h1-4,9H,5-8H2,(H,17,18,23)/t9-/m1/s1. The zero-order valence-electron chi connectivity index (χ0n) is 12.6. The van der Waals surface area contributed by atoms with Crippen molar-refractivity contribution in [1.29, 1.82) is 0 Å². The van der Waals surface area contributed by atoms with E-state index in [1.807, 2.05) is 4.57 Å². The van der Waals surface area contributed by atoms with Gasteiger partial charge in [-0.15, -0.1) is 10.2 Å². The first-order chi connectivity index (χ1) is 11.6. The van der Waals surface area contributed by atoms with Crippen molar-refractivity contribution in [3.05, 3.63) is 29.3 Å². The Morgan fingerprint density at radius 1 is 1.29 bits per heavy atom. The topological polar surface area (TPSA) is 80.1 Å². The number of amides is 2. The molecule has 0 bridgehead atoms. The first-order valence-corrected chi connectivity index (χ1v) is 8.91. The van der Waals surface area contributed by atoms with Crippen LogP contribution in [0.3, 0.4) is 0 Å². The molecule has 1 N–H and O–H groups in total. The molecule has 124 valence electrons. The molecular formula is C15H14ClN5O2S. The Morgan fingerprint density at radius 2 is 2.08 bits per heavy atom. The van der Waals surface area contributed by atoms with E-state index in [0.717, 1.165) is 23.1 Å². The molecule has 2 amide bonds. The fourth-order valence-corrected chi connectivity index (χ4v) is 3.90. The summed E-state index contributed by atoms with van der Waals surface area (Å²) in [5, 5.41) is 12.3. The predicted molar refractivity (Wildman–Crippen MR) is 91.3 cm³/mol. The second-order valence-electron chi connectivity index (χ2n) is 5.68. The molecule has 0 spiro atoms. The third-order valence-electron chi connectivity index (χ3n) is 4.13. The highest BCUT2D eigenvalue weighted by Gasteiger charge is 2.36. The molecule has 1 atom stereocenters. The molecule has 7 nitrogen and oxygen atoms in total. The van der Waals surface area contributed by atoms with Gasteiger partial charge < -0.3 is 4.90 Å². The lowest BCUT2D eigenvalue weighted by Crippen LogP contribution is -2.28. The molecule has 1 fully saturated rings. The zero-order valence-corrected chi connectivity index (χ0v) is 14.2. The van der Waals surface area contributed by atoms with Crippen molar-refractivity contribution in [2.45, 2.75) is 18.1 Å². The van der Waals surface area contributed by atoms with E-state index in [-0.39, 0.29) is 18.2 Å². The Morgan fingerprint density at radius 3 is 2.88 bits per heavy atom. The van der Waals surface area contributed by atoms with Crippen molar-refractivity contribution in [2.75, 3.05) is 22.5 Å². The van der Waals surface area contributed by atoms with Gasteiger partial charge in [0.1, 0.15) is 0 Å². The monoisotopic (exact) mass is 363 g/mol. The van der Waals surface area contributed by atoms with Gasteiger partial charge in [0.25, 0.3) is 0 Å². The number of fused-ring (bicyclic) bond motifs is 1. The largest absolute Gasteiger partial charge is 0.312 e.